The zero-order valence-electron chi connectivity index (χ0n) is 13.8. The summed E-state index contributed by atoms with van der Waals surface area (Å²) >= 11 is 0. The second-order valence-electron chi connectivity index (χ2n) is 6.11. The number of nitrogens with zero attached hydrogens (tertiary/aromatic N) is 4. The molecule has 0 unspecified atom stereocenters. The second-order valence-corrected chi connectivity index (χ2v) is 6.11. The van der Waals surface area contributed by atoms with Crippen LogP contribution in [-0.4, -0.2) is 46.2 Å². The third-order valence-electron chi connectivity index (χ3n) is 3.84. The Morgan fingerprint density at radius 3 is 2.71 bits per heavy atom. The molecule has 0 spiro atoms. The summed E-state index contributed by atoms with van der Waals surface area (Å²) in [7, 11) is 4.27. The van der Waals surface area contributed by atoms with Crippen molar-refractivity contribution in [1.82, 2.24) is 19.5 Å². The van der Waals surface area contributed by atoms with Crippen LogP contribution in [0.2, 0.25) is 0 Å². The van der Waals surface area contributed by atoms with Crippen molar-refractivity contribution in [3.63, 3.8) is 0 Å². The first kappa shape index (κ1) is 15.8. The number of aromatic nitrogens is 3. The predicted molar refractivity (Wildman–Crippen MR) is 87.9 cm³/mol. The summed E-state index contributed by atoms with van der Waals surface area (Å²) in [4.78, 5) is 6.92. The van der Waals surface area contributed by atoms with Gasteiger partial charge in [0.25, 0.3) is 0 Å². The highest BCUT2D eigenvalue weighted by molar-refractivity contribution is 5.49. The van der Waals surface area contributed by atoms with Crippen molar-refractivity contribution in [2.75, 3.05) is 26.0 Å². The molecule has 0 fully saturated rings. The van der Waals surface area contributed by atoms with Crippen molar-refractivity contribution < 1.29 is 0 Å². The van der Waals surface area contributed by atoms with Crippen LogP contribution in [0.5, 0.6) is 0 Å². The Bertz CT molecular complexity index is 573. The maximum Gasteiger partial charge on any atom is 0.157 e. The van der Waals surface area contributed by atoms with E-state index < -0.39 is 0 Å². The molecule has 0 aliphatic heterocycles. The quantitative estimate of drug-likeness (QED) is 0.851. The number of likely N-dealkylation sites (N-methyl/N-ethyl adjacent to an activating group) is 1. The van der Waals surface area contributed by atoms with Crippen molar-refractivity contribution in [3.8, 4) is 0 Å². The first-order valence-corrected chi connectivity index (χ1v) is 7.78. The van der Waals surface area contributed by atoms with E-state index in [4.69, 9.17) is 0 Å². The summed E-state index contributed by atoms with van der Waals surface area (Å²) in [6, 6.07) is 4.59. The van der Waals surface area contributed by atoms with Crippen LogP contribution < -0.4 is 5.32 Å². The molecule has 0 aliphatic carbocycles. The Hall–Kier alpha value is -1.62. The average molecular weight is 289 g/mol. The molecule has 2 aromatic heterocycles. The molecule has 2 rings (SSSR count). The Balaban J connectivity index is 2.22. The second kappa shape index (κ2) is 6.89. The molecule has 2 aromatic rings. The summed E-state index contributed by atoms with van der Waals surface area (Å²) in [6.45, 7) is 7.47. The van der Waals surface area contributed by atoms with Crippen LogP contribution in [0.3, 0.4) is 0 Å². The highest BCUT2D eigenvalue weighted by Gasteiger charge is 2.13. The van der Waals surface area contributed by atoms with Gasteiger partial charge in [-0.25, -0.2) is 4.98 Å². The smallest absolute Gasteiger partial charge is 0.157 e. The molecule has 0 bridgehead atoms. The Morgan fingerprint density at radius 2 is 2.10 bits per heavy atom. The topological polar surface area (TPSA) is 45.5 Å². The third kappa shape index (κ3) is 3.73. The van der Waals surface area contributed by atoms with Crippen LogP contribution in [0.1, 0.15) is 45.2 Å². The van der Waals surface area contributed by atoms with Crippen molar-refractivity contribution in [1.29, 1.82) is 0 Å². The lowest BCUT2D eigenvalue weighted by Crippen LogP contribution is -2.34. The van der Waals surface area contributed by atoms with Crippen LogP contribution in [0.4, 0.5) is 5.82 Å². The predicted octanol–water partition coefficient (Wildman–Crippen LogP) is 2.99. The van der Waals surface area contributed by atoms with E-state index in [2.05, 4.69) is 61.2 Å². The fourth-order valence-corrected chi connectivity index (χ4v) is 2.45. The highest BCUT2D eigenvalue weighted by atomic mass is 15.3. The first-order valence-electron chi connectivity index (χ1n) is 7.78. The molecule has 2 heterocycles. The number of fused-ring (bicyclic) bond motifs is 1. The van der Waals surface area contributed by atoms with Crippen LogP contribution in [0.25, 0.3) is 5.65 Å². The zero-order chi connectivity index (χ0) is 15.4. The maximum absolute atomic E-state index is 4.64. The van der Waals surface area contributed by atoms with Crippen molar-refractivity contribution in [3.05, 3.63) is 24.0 Å². The molecule has 1 N–H and O–H groups in total. The number of hydrogen-bond acceptors (Lipinski definition) is 4. The summed E-state index contributed by atoms with van der Waals surface area (Å²) in [5.74, 6) is 1.43. The van der Waals surface area contributed by atoms with Gasteiger partial charge < -0.3 is 10.2 Å². The number of nitrogens with one attached hydrogen (secondary N) is 1. The van der Waals surface area contributed by atoms with Crippen LogP contribution in [0.15, 0.2) is 18.3 Å². The van der Waals surface area contributed by atoms with Crippen LogP contribution in [0, 0.1) is 0 Å². The SMILES string of the molecule is CCC[C@@H](CNc1cc(C(C)C)nc2ccnn12)N(C)C. The van der Waals surface area contributed by atoms with E-state index in [1.54, 1.807) is 6.20 Å². The normalized spacial score (nSPS) is 13.3. The number of anilines is 1. The molecular weight excluding hydrogens is 262 g/mol. The van der Waals surface area contributed by atoms with Gasteiger partial charge in [-0.15, -0.1) is 0 Å². The number of rotatable bonds is 7. The molecule has 0 saturated heterocycles. The van der Waals surface area contributed by atoms with Crippen molar-refractivity contribution >= 4 is 11.5 Å². The van der Waals surface area contributed by atoms with Gasteiger partial charge in [0.05, 0.1) is 6.20 Å². The van der Waals surface area contributed by atoms with E-state index in [1.165, 1.54) is 12.8 Å². The Kier molecular flexibility index (Phi) is 5.17. The molecule has 0 radical (unpaired) electrons. The number of hydrogen-bond donors (Lipinski definition) is 1. The van der Waals surface area contributed by atoms with Gasteiger partial charge in [-0.3, -0.25) is 0 Å². The van der Waals surface area contributed by atoms with Crippen molar-refractivity contribution in [2.24, 2.45) is 0 Å². The Morgan fingerprint density at radius 1 is 1.33 bits per heavy atom. The third-order valence-corrected chi connectivity index (χ3v) is 3.84. The molecule has 116 valence electrons. The lowest BCUT2D eigenvalue weighted by molar-refractivity contribution is 0.288. The maximum atomic E-state index is 4.64. The average Bonchev–Trinajstić information content (AvgIpc) is 2.90. The molecule has 5 nitrogen and oxygen atoms in total. The molecule has 0 aromatic carbocycles. The van der Waals surface area contributed by atoms with Crippen molar-refractivity contribution in [2.45, 2.75) is 45.6 Å². The Labute approximate surface area is 127 Å². The van der Waals surface area contributed by atoms with Gasteiger partial charge >= 0.3 is 0 Å². The van der Waals surface area contributed by atoms with Gasteiger partial charge in [0.2, 0.25) is 0 Å². The molecule has 0 amide bonds. The molecule has 1 atom stereocenters. The minimum Gasteiger partial charge on any atom is -0.368 e. The molecule has 5 heteroatoms. The van der Waals surface area contributed by atoms with E-state index in [-0.39, 0.29) is 0 Å². The van der Waals surface area contributed by atoms with Gasteiger partial charge in [-0.1, -0.05) is 27.2 Å². The fourth-order valence-electron chi connectivity index (χ4n) is 2.45. The van der Waals surface area contributed by atoms with Gasteiger partial charge in [0.15, 0.2) is 5.65 Å². The molecule has 0 aliphatic rings. The first-order chi connectivity index (χ1) is 10.0. The van der Waals surface area contributed by atoms with Gasteiger partial charge in [0, 0.05) is 30.4 Å². The standard InChI is InChI=1S/C16H27N5/c1-6-7-13(20(4)5)11-17-16-10-14(12(2)3)19-15-8-9-18-21(15)16/h8-10,12-13,17H,6-7,11H2,1-5H3/t13-/m0/s1. The van der Waals surface area contributed by atoms with E-state index in [9.17, 15) is 0 Å². The summed E-state index contributed by atoms with van der Waals surface area (Å²) in [6.07, 6.45) is 4.17. The zero-order valence-corrected chi connectivity index (χ0v) is 13.8. The van der Waals surface area contributed by atoms with E-state index in [0.29, 0.717) is 12.0 Å². The lowest BCUT2D eigenvalue weighted by atomic mass is 10.1. The molecule has 0 saturated carbocycles. The van der Waals surface area contributed by atoms with E-state index in [1.807, 2.05) is 10.6 Å². The summed E-state index contributed by atoms with van der Waals surface area (Å²) < 4.78 is 1.88. The molecule has 21 heavy (non-hydrogen) atoms. The van der Waals surface area contributed by atoms with Gasteiger partial charge in [-0.2, -0.15) is 9.61 Å². The van der Waals surface area contributed by atoms with Gasteiger partial charge in [-0.05, 0) is 26.4 Å². The van der Waals surface area contributed by atoms with Crippen LogP contribution >= 0.6 is 0 Å². The highest BCUT2D eigenvalue weighted by Crippen LogP contribution is 2.19. The fraction of sp³-hybridized carbons (Fsp3) is 0.625. The largest absolute Gasteiger partial charge is 0.368 e. The van der Waals surface area contributed by atoms with E-state index >= 15 is 0 Å². The minimum absolute atomic E-state index is 0.408. The van der Waals surface area contributed by atoms with E-state index in [0.717, 1.165) is 23.7 Å². The lowest BCUT2D eigenvalue weighted by Gasteiger charge is -2.25. The monoisotopic (exact) mass is 289 g/mol. The van der Waals surface area contributed by atoms with Gasteiger partial charge in [0.1, 0.15) is 5.82 Å². The summed E-state index contributed by atoms with van der Waals surface area (Å²) in [5, 5.41) is 7.92. The molecular formula is C16H27N5. The minimum atomic E-state index is 0.408. The van der Waals surface area contributed by atoms with Crippen LogP contribution in [-0.2, 0) is 0 Å². The summed E-state index contributed by atoms with van der Waals surface area (Å²) in [5.41, 5.74) is 2.00.